The van der Waals surface area contributed by atoms with Crippen LogP contribution in [0, 0.1) is 24.0 Å². The van der Waals surface area contributed by atoms with Crippen molar-refractivity contribution in [3.63, 3.8) is 0 Å². The second kappa shape index (κ2) is 13.1. The number of hydrogen-bond acceptors (Lipinski definition) is 7. The first kappa shape index (κ1) is 29.2. The molecule has 3 aromatic carbocycles. The normalized spacial score (nSPS) is 11.0. The fraction of sp³-hybridized carbons (Fsp3) is 0.125. The van der Waals surface area contributed by atoms with Crippen LogP contribution in [0.5, 0.6) is 11.5 Å². The van der Waals surface area contributed by atoms with Gasteiger partial charge in [-0.15, -0.1) is 0 Å². The summed E-state index contributed by atoms with van der Waals surface area (Å²) in [7, 11) is 0. The zero-order valence-electron chi connectivity index (χ0n) is 23.3. The van der Waals surface area contributed by atoms with E-state index in [2.05, 4.69) is 41.1 Å². The molecule has 0 spiro atoms. The van der Waals surface area contributed by atoms with Crippen molar-refractivity contribution in [1.29, 1.82) is 0 Å². The number of aryl methyl sites for hydroxylation is 2. The van der Waals surface area contributed by atoms with Gasteiger partial charge in [0.15, 0.2) is 11.5 Å². The van der Waals surface area contributed by atoms with Crippen LogP contribution in [0.1, 0.15) is 38.8 Å². The van der Waals surface area contributed by atoms with Gasteiger partial charge < -0.3 is 18.5 Å². The Labute approximate surface area is 252 Å². The summed E-state index contributed by atoms with van der Waals surface area (Å²) in [5.74, 6) is 0.654. The summed E-state index contributed by atoms with van der Waals surface area (Å²) in [6, 6.07) is 26.4. The Balaban J connectivity index is 1.14. The number of amides is 1. The average molecular weight is 599 g/mol. The van der Waals surface area contributed by atoms with Gasteiger partial charge in [-0.25, -0.2) is 5.43 Å². The van der Waals surface area contributed by atoms with Crippen molar-refractivity contribution in [2.45, 2.75) is 27.1 Å². The van der Waals surface area contributed by atoms with Crippen molar-refractivity contribution < 1.29 is 23.6 Å². The molecule has 43 heavy (non-hydrogen) atoms. The van der Waals surface area contributed by atoms with Crippen molar-refractivity contribution in [3.8, 4) is 17.2 Å². The Morgan fingerprint density at radius 2 is 1.72 bits per heavy atom. The van der Waals surface area contributed by atoms with Gasteiger partial charge in [-0.05, 0) is 80.6 Å². The second-order valence-corrected chi connectivity index (χ2v) is 9.97. The zero-order valence-corrected chi connectivity index (χ0v) is 24.1. The van der Waals surface area contributed by atoms with Gasteiger partial charge in [-0.1, -0.05) is 29.8 Å². The number of carbonyl (C=O) groups is 1. The van der Waals surface area contributed by atoms with Crippen LogP contribution < -0.4 is 14.9 Å². The first-order chi connectivity index (χ1) is 20.8. The van der Waals surface area contributed by atoms with Crippen molar-refractivity contribution in [2.24, 2.45) is 5.10 Å². The molecular weight excluding hydrogens is 572 g/mol. The number of nitro groups is 1. The van der Waals surface area contributed by atoms with Crippen LogP contribution in [0.2, 0.25) is 5.02 Å². The van der Waals surface area contributed by atoms with Crippen molar-refractivity contribution in [3.05, 3.63) is 140 Å². The molecule has 0 atom stereocenters. The molecule has 0 bridgehead atoms. The molecule has 0 unspecified atom stereocenters. The van der Waals surface area contributed by atoms with E-state index in [1.165, 1.54) is 24.4 Å². The number of furan rings is 1. The Morgan fingerprint density at radius 3 is 2.44 bits per heavy atom. The molecule has 1 N–H and O–H groups in total. The van der Waals surface area contributed by atoms with Crippen molar-refractivity contribution >= 4 is 29.4 Å². The first-order valence-corrected chi connectivity index (χ1v) is 13.6. The quantitative estimate of drug-likeness (QED) is 0.0977. The topological polar surface area (TPSA) is 121 Å². The molecule has 10 nitrogen and oxygen atoms in total. The number of rotatable bonds is 11. The Bertz CT molecular complexity index is 1770. The van der Waals surface area contributed by atoms with E-state index in [0.717, 1.165) is 17.1 Å². The number of nitrogens with one attached hydrogen (secondary N) is 1. The molecule has 11 heteroatoms. The number of benzene rings is 3. The summed E-state index contributed by atoms with van der Waals surface area (Å²) in [5, 5.41) is 16.0. The third-order valence-electron chi connectivity index (χ3n) is 6.53. The summed E-state index contributed by atoms with van der Waals surface area (Å²) < 4.78 is 19.2. The molecule has 0 aliphatic rings. The van der Waals surface area contributed by atoms with E-state index in [1.807, 2.05) is 24.3 Å². The number of carbonyl (C=O) groups excluding carboxylic acids is 1. The van der Waals surface area contributed by atoms with Gasteiger partial charge in [0.05, 0.1) is 11.1 Å². The molecule has 1 amide bonds. The SMILES string of the molecule is Cc1ccc(C)n1-c1ccc(OCc2ccc(C(=O)N/N=C/c3ccc(OCc4ccccc4Cl)c([N+](=O)[O-])c3)o2)cc1. The molecule has 2 heterocycles. The highest BCUT2D eigenvalue weighted by Crippen LogP contribution is 2.29. The van der Waals surface area contributed by atoms with Crippen LogP contribution in [0.4, 0.5) is 5.69 Å². The fourth-order valence-electron chi connectivity index (χ4n) is 4.37. The molecule has 0 aliphatic carbocycles. The largest absolute Gasteiger partial charge is 0.486 e. The van der Waals surface area contributed by atoms with Gasteiger partial charge in [-0.3, -0.25) is 14.9 Å². The number of hydrogen-bond donors (Lipinski definition) is 1. The lowest BCUT2D eigenvalue weighted by Crippen LogP contribution is -2.16. The molecule has 0 radical (unpaired) electrons. The molecule has 0 aliphatic heterocycles. The minimum absolute atomic E-state index is 0.0407. The third-order valence-corrected chi connectivity index (χ3v) is 6.90. The second-order valence-electron chi connectivity index (χ2n) is 9.56. The van der Waals surface area contributed by atoms with Gasteiger partial charge in [-0.2, -0.15) is 5.10 Å². The number of hydrazone groups is 1. The summed E-state index contributed by atoms with van der Waals surface area (Å²) >= 11 is 6.14. The molecule has 2 aromatic heterocycles. The molecule has 218 valence electrons. The van der Waals surface area contributed by atoms with Crippen LogP contribution >= 0.6 is 11.6 Å². The highest BCUT2D eigenvalue weighted by Gasteiger charge is 2.17. The average Bonchev–Trinajstić information content (AvgIpc) is 3.62. The van der Waals surface area contributed by atoms with Gasteiger partial charge in [0.2, 0.25) is 0 Å². The zero-order chi connectivity index (χ0) is 30.3. The maximum atomic E-state index is 12.5. The lowest BCUT2D eigenvalue weighted by atomic mass is 10.2. The number of halogens is 1. The van der Waals surface area contributed by atoms with E-state index in [-0.39, 0.29) is 30.4 Å². The maximum absolute atomic E-state index is 12.5. The van der Waals surface area contributed by atoms with Crippen LogP contribution in [0.15, 0.2) is 101 Å². The van der Waals surface area contributed by atoms with Crippen LogP contribution in [-0.4, -0.2) is 21.6 Å². The number of nitrogens with zero attached hydrogens (tertiary/aromatic N) is 3. The molecule has 0 fully saturated rings. The highest BCUT2D eigenvalue weighted by atomic mass is 35.5. The predicted octanol–water partition coefficient (Wildman–Crippen LogP) is 7.17. The number of aromatic nitrogens is 1. The minimum Gasteiger partial charge on any atom is -0.486 e. The minimum atomic E-state index is -0.585. The lowest BCUT2D eigenvalue weighted by molar-refractivity contribution is -0.385. The van der Waals surface area contributed by atoms with E-state index < -0.39 is 10.8 Å². The van der Waals surface area contributed by atoms with E-state index in [4.69, 9.17) is 25.5 Å². The van der Waals surface area contributed by atoms with E-state index in [0.29, 0.717) is 27.7 Å². The third kappa shape index (κ3) is 7.11. The lowest BCUT2D eigenvalue weighted by Gasteiger charge is -2.10. The van der Waals surface area contributed by atoms with Crippen LogP contribution in [-0.2, 0) is 13.2 Å². The highest BCUT2D eigenvalue weighted by molar-refractivity contribution is 6.31. The smallest absolute Gasteiger partial charge is 0.311 e. The monoisotopic (exact) mass is 598 g/mol. The summed E-state index contributed by atoms with van der Waals surface area (Å²) in [6.45, 7) is 4.31. The fourth-order valence-corrected chi connectivity index (χ4v) is 4.56. The number of ether oxygens (including phenoxy) is 2. The van der Waals surface area contributed by atoms with Crippen molar-refractivity contribution in [1.82, 2.24) is 9.99 Å². The number of nitro benzene ring substituents is 1. The molecule has 5 rings (SSSR count). The molecule has 0 saturated carbocycles. The van der Waals surface area contributed by atoms with E-state index in [1.54, 1.807) is 36.4 Å². The summed E-state index contributed by atoms with van der Waals surface area (Å²) in [6.07, 6.45) is 1.29. The van der Waals surface area contributed by atoms with Gasteiger partial charge in [0.25, 0.3) is 0 Å². The van der Waals surface area contributed by atoms with Crippen molar-refractivity contribution in [2.75, 3.05) is 0 Å². The Morgan fingerprint density at radius 1 is 0.977 bits per heavy atom. The van der Waals surface area contributed by atoms with Gasteiger partial charge in [0.1, 0.15) is 24.7 Å². The molecule has 5 aromatic rings. The van der Waals surface area contributed by atoms with Crippen LogP contribution in [0.3, 0.4) is 0 Å². The van der Waals surface area contributed by atoms with Gasteiger partial charge >= 0.3 is 11.6 Å². The Hall–Kier alpha value is -5.35. The predicted molar refractivity (Wildman–Crippen MR) is 162 cm³/mol. The maximum Gasteiger partial charge on any atom is 0.311 e. The molecular formula is C32H27ClN4O6. The van der Waals surface area contributed by atoms with E-state index >= 15 is 0 Å². The van der Waals surface area contributed by atoms with Gasteiger partial charge in [0, 0.05) is 39.3 Å². The standard InChI is InChI=1S/C32H27ClN4O6/c1-21-7-8-22(2)36(21)25-10-12-26(13-11-25)41-20-27-14-16-31(43-27)32(38)35-34-18-23-9-15-30(29(17-23)37(39)40)42-19-24-5-3-4-6-28(24)33/h3-18H,19-20H2,1-2H3,(H,35,38)/b34-18+. The first-order valence-electron chi connectivity index (χ1n) is 13.2. The summed E-state index contributed by atoms with van der Waals surface area (Å²) in [5.41, 5.74) is 6.53. The van der Waals surface area contributed by atoms with E-state index in [9.17, 15) is 14.9 Å². The Kier molecular flexibility index (Phi) is 8.88. The summed E-state index contributed by atoms with van der Waals surface area (Å²) in [4.78, 5) is 23.6. The van der Waals surface area contributed by atoms with Crippen LogP contribution in [0.25, 0.3) is 5.69 Å². The molecule has 0 saturated heterocycles.